The second-order valence-corrected chi connectivity index (χ2v) is 5.24. The number of likely N-dealkylation sites (N-methyl/N-ethyl adjacent to an activating group) is 1. The maximum absolute atomic E-state index is 11.8. The molecule has 0 aliphatic carbocycles. The monoisotopic (exact) mass is 322 g/mol. The van der Waals surface area contributed by atoms with Crippen LogP contribution in [0.1, 0.15) is 19.5 Å². The number of pyridine rings is 1. The molecule has 1 heterocycles. The molecular weight excluding hydrogens is 299 g/mol. The van der Waals surface area contributed by atoms with E-state index < -0.39 is 0 Å². The van der Waals surface area contributed by atoms with Crippen molar-refractivity contribution in [2.24, 2.45) is 0 Å². The summed E-state index contributed by atoms with van der Waals surface area (Å²) in [7, 11) is 3.99. The highest BCUT2D eigenvalue weighted by Crippen LogP contribution is 2.08. The number of rotatable bonds is 5. The van der Waals surface area contributed by atoms with Crippen LogP contribution in [0.4, 0.5) is 5.69 Å². The Morgan fingerprint density at radius 3 is 2.40 bits per heavy atom. The van der Waals surface area contributed by atoms with E-state index in [0.717, 1.165) is 5.69 Å². The zero-order chi connectivity index (χ0) is 13.8. The zero-order valence-corrected chi connectivity index (χ0v) is 14.0. The number of carbonyl (C=O) groups is 1. The van der Waals surface area contributed by atoms with E-state index in [2.05, 4.69) is 29.0 Å². The molecule has 116 valence electrons. The van der Waals surface area contributed by atoms with E-state index in [-0.39, 0.29) is 42.7 Å². The van der Waals surface area contributed by atoms with Gasteiger partial charge >= 0.3 is 0 Å². The Hall–Kier alpha value is -1.04. The van der Waals surface area contributed by atoms with Crippen LogP contribution in [-0.4, -0.2) is 42.0 Å². The SMILES string of the molecule is CN(C)C(C)(C)CNC(=O)Cc1ccc(N)cn1.Cl.Cl. The third-order valence-corrected chi connectivity index (χ3v) is 3.12. The van der Waals surface area contributed by atoms with Gasteiger partial charge in [-0.2, -0.15) is 0 Å². The van der Waals surface area contributed by atoms with Crippen molar-refractivity contribution in [3.8, 4) is 0 Å². The smallest absolute Gasteiger partial charge is 0.226 e. The minimum absolute atomic E-state index is 0. The second kappa shape index (κ2) is 9.00. The fraction of sp³-hybridized carbons (Fsp3) is 0.538. The molecule has 1 amide bonds. The van der Waals surface area contributed by atoms with Gasteiger partial charge in [0.2, 0.25) is 5.91 Å². The normalized spacial score (nSPS) is 10.4. The molecular formula is C13H24Cl2N4O. The van der Waals surface area contributed by atoms with Gasteiger partial charge in [-0.1, -0.05) is 0 Å². The van der Waals surface area contributed by atoms with Crippen molar-refractivity contribution in [2.45, 2.75) is 25.8 Å². The van der Waals surface area contributed by atoms with E-state index in [0.29, 0.717) is 12.2 Å². The molecule has 1 aromatic heterocycles. The van der Waals surface area contributed by atoms with Gasteiger partial charge in [-0.25, -0.2) is 0 Å². The fourth-order valence-electron chi connectivity index (χ4n) is 1.24. The lowest BCUT2D eigenvalue weighted by molar-refractivity contribution is -0.121. The fourth-order valence-corrected chi connectivity index (χ4v) is 1.24. The summed E-state index contributed by atoms with van der Waals surface area (Å²) in [5, 5.41) is 2.92. The Morgan fingerprint density at radius 2 is 1.95 bits per heavy atom. The summed E-state index contributed by atoms with van der Waals surface area (Å²) in [6.07, 6.45) is 1.84. The molecule has 3 N–H and O–H groups in total. The molecule has 1 aromatic rings. The van der Waals surface area contributed by atoms with Gasteiger partial charge in [0.1, 0.15) is 0 Å². The number of nitrogens with two attached hydrogens (primary N) is 1. The lowest BCUT2D eigenvalue weighted by Crippen LogP contribution is -2.48. The first-order chi connectivity index (χ1) is 8.31. The maximum Gasteiger partial charge on any atom is 0.226 e. The molecule has 1 rings (SSSR count). The third-order valence-electron chi connectivity index (χ3n) is 3.12. The Balaban J connectivity index is 0. The first kappa shape index (κ1) is 21.3. The van der Waals surface area contributed by atoms with Crippen LogP contribution in [0, 0.1) is 0 Å². The van der Waals surface area contributed by atoms with Gasteiger partial charge in [-0.15, -0.1) is 24.8 Å². The highest BCUT2D eigenvalue weighted by molar-refractivity contribution is 5.85. The van der Waals surface area contributed by atoms with Gasteiger partial charge in [-0.05, 0) is 40.1 Å². The van der Waals surface area contributed by atoms with Crippen LogP contribution in [-0.2, 0) is 11.2 Å². The van der Waals surface area contributed by atoms with Crippen LogP contribution >= 0.6 is 24.8 Å². The number of hydrogen-bond acceptors (Lipinski definition) is 4. The molecule has 0 bridgehead atoms. The molecule has 7 heteroatoms. The maximum atomic E-state index is 11.8. The molecule has 20 heavy (non-hydrogen) atoms. The first-order valence-electron chi connectivity index (χ1n) is 5.96. The zero-order valence-electron chi connectivity index (χ0n) is 12.3. The minimum Gasteiger partial charge on any atom is -0.397 e. The highest BCUT2D eigenvalue weighted by atomic mass is 35.5. The average Bonchev–Trinajstić information content (AvgIpc) is 2.29. The molecule has 0 aromatic carbocycles. The number of nitrogen functional groups attached to an aromatic ring is 1. The van der Waals surface area contributed by atoms with E-state index in [1.165, 1.54) is 0 Å². The summed E-state index contributed by atoms with van der Waals surface area (Å²) in [5.74, 6) is -0.0257. The topological polar surface area (TPSA) is 71.2 Å². The van der Waals surface area contributed by atoms with Crippen molar-refractivity contribution in [1.82, 2.24) is 15.2 Å². The van der Waals surface area contributed by atoms with E-state index in [9.17, 15) is 4.79 Å². The second-order valence-electron chi connectivity index (χ2n) is 5.24. The molecule has 0 radical (unpaired) electrons. The summed E-state index contributed by atoms with van der Waals surface area (Å²) in [5.41, 5.74) is 6.80. The summed E-state index contributed by atoms with van der Waals surface area (Å²) in [6.45, 7) is 4.76. The van der Waals surface area contributed by atoms with Crippen molar-refractivity contribution in [3.63, 3.8) is 0 Å². The molecule has 0 fully saturated rings. The molecule has 0 aliphatic heterocycles. The van der Waals surface area contributed by atoms with E-state index in [1.54, 1.807) is 18.3 Å². The predicted molar refractivity (Wildman–Crippen MR) is 87.6 cm³/mol. The molecule has 5 nitrogen and oxygen atoms in total. The molecule has 0 spiro atoms. The van der Waals surface area contributed by atoms with Crippen molar-refractivity contribution >= 4 is 36.4 Å². The van der Waals surface area contributed by atoms with E-state index in [4.69, 9.17) is 5.73 Å². The van der Waals surface area contributed by atoms with Gasteiger partial charge < -0.3 is 16.0 Å². The Labute approximate surface area is 133 Å². The molecule has 0 unspecified atom stereocenters. The van der Waals surface area contributed by atoms with Gasteiger partial charge in [0.25, 0.3) is 0 Å². The number of amides is 1. The van der Waals surface area contributed by atoms with Gasteiger partial charge in [0, 0.05) is 17.8 Å². The van der Waals surface area contributed by atoms with Crippen molar-refractivity contribution in [1.29, 1.82) is 0 Å². The van der Waals surface area contributed by atoms with E-state index in [1.807, 2.05) is 14.1 Å². The Morgan fingerprint density at radius 1 is 1.35 bits per heavy atom. The average molecular weight is 323 g/mol. The number of nitrogens with zero attached hydrogens (tertiary/aromatic N) is 2. The van der Waals surface area contributed by atoms with E-state index >= 15 is 0 Å². The van der Waals surface area contributed by atoms with Gasteiger partial charge in [0.15, 0.2) is 0 Å². The van der Waals surface area contributed by atoms with Crippen LogP contribution in [0.3, 0.4) is 0 Å². The molecule has 0 saturated heterocycles. The lowest BCUT2D eigenvalue weighted by Gasteiger charge is -2.32. The number of hydrogen-bond donors (Lipinski definition) is 2. The van der Waals surface area contributed by atoms with Crippen molar-refractivity contribution in [2.75, 3.05) is 26.4 Å². The van der Waals surface area contributed by atoms with Gasteiger partial charge in [-0.3, -0.25) is 9.78 Å². The first-order valence-corrected chi connectivity index (χ1v) is 5.96. The molecule has 0 atom stereocenters. The Kier molecular flexibility index (Phi) is 9.57. The molecule has 0 saturated carbocycles. The third kappa shape index (κ3) is 6.93. The van der Waals surface area contributed by atoms with Crippen molar-refractivity contribution in [3.05, 3.63) is 24.0 Å². The lowest BCUT2D eigenvalue weighted by atomic mass is 10.0. The van der Waals surface area contributed by atoms with Crippen LogP contribution < -0.4 is 11.1 Å². The number of halogens is 2. The van der Waals surface area contributed by atoms with Crippen LogP contribution in [0.5, 0.6) is 0 Å². The number of aromatic nitrogens is 1. The summed E-state index contributed by atoms with van der Waals surface area (Å²) in [4.78, 5) is 17.9. The molecule has 0 aliphatic rings. The highest BCUT2D eigenvalue weighted by Gasteiger charge is 2.20. The minimum atomic E-state index is -0.0653. The van der Waals surface area contributed by atoms with Crippen LogP contribution in [0.2, 0.25) is 0 Å². The number of carbonyl (C=O) groups excluding carboxylic acids is 1. The standard InChI is InChI=1S/C13H22N4O.2ClH/c1-13(2,17(3)4)9-16-12(18)7-11-6-5-10(14)8-15-11;;/h5-6,8H,7,9,14H2,1-4H3,(H,16,18);2*1H. The summed E-state index contributed by atoms with van der Waals surface area (Å²) < 4.78 is 0. The number of anilines is 1. The summed E-state index contributed by atoms with van der Waals surface area (Å²) >= 11 is 0. The predicted octanol–water partition coefficient (Wildman–Crippen LogP) is 1.51. The van der Waals surface area contributed by atoms with Crippen molar-refractivity contribution < 1.29 is 4.79 Å². The van der Waals surface area contributed by atoms with Crippen LogP contribution in [0.25, 0.3) is 0 Å². The van der Waals surface area contributed by atoms with Crippen LogP contribution in [0.15, 0.2) is 18.3 Å². The summed E-state index contributed by atoms with van der Waals surface area (Å²) in [6, 6.07) is 3.52. The largest absolute Gasteiger partial charge is 0.397 e. The Bertz CT molecular complexity index is 407. The quantitative estimate of drug-likeness (QED) is 0.862. The van der Waals surface area contributed by atoms with Gasteiger partial charge in [0.05, 0.1) is 18.3 Å². The number of nitrogens with one attached hydrogen (secondary N) is 1.